The van der Waals surface area contributed by atoms with Gasteiger partial charge in [0, 0.05) is 6.42 Å². The summed E-state index contributed by atoms with van der Waals surface area (Å²) >= 11 is 0. The molecule has 0 aliphatic carbocycles. The Morgan fingerprint density at radius 1 is 1.33 bits per heavy atom. The van der Waals surface area contributed by atoms with E-state index in [4.69, 9.17) is 0 Å². The summed E-state index contributed by atoms with van der Waals surface area (Å²) in [4.78, 5) is 10.4. The maximum atomic E-state index is 10.4. The molecule has 0 aromatic carbocycles. The lowest BCUT2D eigenvalue weighted by atomic mass is 9.90. The Labute approximate surface area is 76.6 Å². The lowest BCUT2D eigenvalue weighted by Crippen LogP contribution is -2.05. The molecule has 0 heterocycles. The van der Waals surface area contributed by atoms with Gasteiger partial charge in [0.1, 0.15) is 6.29 Å². The van der Waals surface area contributed by atoms with Crippen LogP contribution in [0.1, 0.15) is 52.9 Å². The zero-order chi connectivity index (χ0) is 9.40. The van der Waals surface area contributed by atoms with Crippen LogP contribution >= 0.6 is 0 Å². The molecule has 0 aliphatic heterocycles. The standard InChI is InChI=1S/C11H22O/c1-4-5-6-11(7-8-12)9-10(2)3/h8,10-11H,4-7,9H2,1-3H3. The molecule has 0 bridgehead atoms. The van der Waals surface area contributed by atoms with E-state index in [1.807, 2.05) is 0 Å². The van der Waals surface area contributed by atoms with Gasteiger partial charge in [-0.05, 0) is 18.3 Å². The molecule has 0 radical (unpaired) electrons. The Morgan fingerprint density at radius 2 is 2.00 bits per heavy atom. The van der Waals surface area contributed by atoms with Crippen molar-refractivity contribution in [1.82, 2.24) is 0 Å². The van der Waals surface area contributed by atoms with Crippen molar-refractivity contribution in [3.8, 4) is 0 Å². The molecular formula is C11H22O. The lowest BCUT2D eigenvalue weighted by Gasteiger charge is -2.15. The van der Waals surface area contributed by atoms with Crippen molar-refractivity contribution in [2.75, 3.05) is 0 Å². The Kier molecular flexibility index (Phi) is 7.12. The monoisotopic (exact) mass is 170 g/mol. The van der Waals surface area contributed by atoms with Crippen LogP contribution in [0.3, 0.4) is 0 Å². The molecule has 0 saturated heterocycles. The molecule has 0 amide bonds. The summed E-state index contributed by atoms with van der Waals surface area (Å²) in [7, 11) is 0. The first-order valence-electron chi connectivity index (χ1n) is 5.14. The Balaban J connectivity index is 3.61. The minimum Gasteiger partial charge on any atom is -0.303 e. The second kappa shape index (κ2) is 7.33. The number of aldehydes is 1. The van der Waals surface area contributed by atoms with Gasteiger partial charge in [-0.15, -0.1) is 0 Å². The summed E-state index contributed by atoms with van der Waals surface area (Å²) in [6.45, 7) is 6.65. The number of unbranched alkanes of at least 4 members (excludes halogenated alkanes) is 1. The van der Waals surface area contributed by atoms with Gasteiger partial charge in [0.25, 0.3) is 0 Å². The van der Waals surface area contributed by atoms with E-state index < -0.39 is 0 Å². The first kappa shape index (κ1) is 11.7. The third-order valence-corrected chi connectivity index (χ3v) is 2.20. The van der Waals surface area contributed by atoms with Gasteiger partial charge in [0.05, 0.1) is 0 Å². The predicted octanol–water partition coefficient (Wildman–Crippen LogP) is 3.43. The van der Waals surface area contributed by atoms with Gasteiger partial charge in [0.2, 0.25) is 0 Å². The molecule has 1 atom stereocenters. The highest BCUT2D eigenvalue weighted by Crippen LogP contribution is 2.20. The van der Waals surface area contributed by atoms with Crippen LogP contribution < -0.4 is 0 Å². The van der Waals surface area contributed by atoms with Gasteiger partial charge in [-0.25, -0.2) is 0 Å². The van der Waals surface area contributed by atoms with Gasteiger partial charge in [0.15, 0.2) is 0 Å². The summed E-state index contributed by atoms with van der Waals surface area (Å²) in [6, 6.07) is 0. The van der Waals surface area contributed by atoms with Crippen LogP contribution in [0.4, 0.5) is 0 Å². The van der Waals surface area contributed by atoms with Gasteiger partial charge < -0.3 is 4.79 Å². The minimum absolute atomic E-state index is 0.641. The maximum absolute atomic E-state index is 10.4. The summed E-state index contributed by atoms with van der Waals surface area (Å²) < 4.78 is 0. The first-order valence-corrected chi connectivity index (χ1v) is 5.14. The number of carbonyl (C=O) groups is 1. The van der Waals surface area contributed by atoms with Crippen molar-refractivity contribution in [2.24, 2.45) is 11.8 Å². The number of carbonyl (C=O) groups excluding carboxylic acids is 1. The molecule has 0 fully saturated rings. The quantitative estimate of drug-likeness (QED) is 0.535. The third-order valence-electron chi connectivity index (χ3n) is 2.20. The molecule has 72 valence electrons. The zero-order valence-corrected chi connectivity index (χ0v) is 8.68. The smallest absolute Gasteiger partial charge is 0.120 e. The molecule has 1 unspecified atom stereocenters. The molecule has 0 rings (SSSR count). The molecule has 1 nitrogen and oxygen atoms in total. The summed E-state index contributed by atoms with van der Waals surface area (Å²) in [6.07, 6.45) is 6.78. The van der Waals surface area contributed by atoms with E-state index in [9.17, 15) is 4.79 Å². The fourth-order valence-corrected chi connectivity index (χ4v) is 1.63. The lowest BCUT2D eigenvalue weighted by molar-refractivity contribution is -0.108. The van der Waals surface area contributed by atoms with Crippen LogP contribution in [0.2, 0.25) is 0 Å². The molecule has 0 spiro atoms. The van der Waals surface area contributed by atoms with Gasteiger partial charge in [-0.1, -0.05) is 40.0 Å². The van der Waals surface area contributed by atoms with Crippen LogP contribution in [-0.2, 0) is 4.79 Å². The van der Waals surface area contributed by atoms with Crippen molar-refractivity contribution in [1.29, 1.82) is 0 Å². The number of hydrogen-bond donors (Lipinski definition) is 0. The van der Waals surface area contributed by atoms with Crippen molar-refractivity contribution < 1.29 is 4.79 Å². The van der Waals surface area contributed by atoms with E-state index in [-0.39, 0.29) is 0 Å². The van der Waals surface area contributed by atoms with Crippen molar-refractivity contribution in [3.63, 3.8) is 0 Å². The number of hydrogen-bond acceptors (Lipinski definition) is 1. The summed E-state index contributed by atoms with van der Waals surface area (Å²) in [5.41, 5.74) is 0. The molecule has 0 N–H and O–H groups in total. The average Bonchev–Trinajstić information content (AvgIpc) is 2.00. The fraction of sp³-hybridized carbons (Fsp3) is 0.909. The molecular weight excluding hydrogens is 148 g/mol. The maximum Gasteiger partial charge on any atom is 0.120 e. The molecule has 0 aromatic heterocycles. The topological polar surface area (TPSA) is 17.1 Å². The molecule has 12 heavy (non-hydrogen) atoms. The normalized spacial score (nSPS) is 13.3. The van der Waals surface area contributed by atoms with Crippen LogP contribution in [0.5, 0.6) is 0 Å². The fourth-order valence-electron chi connectivity index (χ4n) is 1.63. The largest absolute Gasteiger partial charge is 0.303 e. The number of rotatable bonds is 7. The van der Waals surface area contributed by atoms with E-state index in [0.29, 0.717) is 5.92 Å². The van der Waals surface area contributed by atoms with Crippen LogP contribution in [0.15, 0.2) is 0 Å². The highest BCUT2D eigenvalue weighted by atomic mass is 16.1. The van der Waals surface area contributed by atoms with Gasteiger partial charge in [-0.2, -0.15) is 0 Å². The van der Waals surface area contributed by atoms with E-state index in [1.54, 1.807) is 0 Å². The molecule has 0 aromatic rings. The predicted molar refractivity (Wildman–Crippen MR) is 53.2 cm³/mol. The first-order chi connectivity index (χ1) is 5.70. The van der Waals surface area contributed by atoms with Crippen LogP contribution in [0, 0.1) is 11.8 Å². The van der Waals surface area contributed by atoms with Crippen LogP contribution in [0.25, 0.3) is 0 Å². The van der Waals surface area contributed by atoms with E-state index in [2.05, 4.69) is 20.8 Å². The van der Waals surface area contributed by atoms with E-state index in [0.717, 1.165) is 18.6 Å². The highest BCUT2D eigenvalue weighted by Gasteiger charge is 2.09. The SMILES string of the molecule is CCCCC(CC=O)CC(C)C. The van der Waals surface area contributed by atoms with Crippen LogP contribution in [-0.4, -0.2) is 6.29 Å². The Hall–Kier alpha value is -0.330. The minimum atomic E-state index is 0.641. The molecule has 0 aliphatic rings. The average molecular weight is 170 g/mol. The Morgan fingerprint density at radius 3 is 2.42 bits per heavy atom. The highest BCUT2D eigenvalue weighted by molar-refractivity contribution is 5.49. The molecule has 0 saturated carbocycles. The van der Waals surface area contributed by atoms with E-state index in [1.165, 1.54) is 25.7 Å². The summed E-state index contributed by atoms with van der Waals surface area (Å²) in [5, 5.41) is 0. The van der Waals surface area contributed by atoms with Gasteiger partial charge in [-0.3, -0.25) is 0 Å². The van der Waals surface area contributed by atoms with Gasteiger partial charge >= 0.3 is 0 Å². The second-order valence-corrected chi connectivity index (χ2v) is 4.04. The summed E-state index contributed by atoms with van der Waals surface area (Å²) in [5.74, 6) is 1.37. The van der Waals surface area contributed by atoms with Crippen molar-refractivity contribution >= 4 is 6.29 Å². The second-order valence-electron chi connectivity index (χ2n) is 4.04. The van der Waals surface area contributed by atoms with E-state index >= 15 is 0 Å². The zero-order valence-electron chi connectivity index (χ0n) is 8.68. The van der Waals surface area contributed by atoms with Crippen molar-refractivity contribution in [2.45, 2.75) is 52.9 Å². The Bertz CT molecular complexity index is 108. The van der Waals surface area contributed by atoms with Crippen molar-refractivity contribution in [3.05, 3.63) is 0 Å². The molecule has 1 heteroatoms. The third kappa shape index (κ3) is 6.38.